The number of piperidine rings is 1. The van der Waals surface area contributed by atoms with E-state index in [1.165, 1.54) is 17.5 Å². The second kappa shape index (κ2) is 9.58. The maximum Gasteiger partial charge on any atom is 0.243 e. The minimum absolute atomic E-state index is 0.0420. The lowest BCUT2D eigenvalue weighted by Gasteiger charge is -2.31. The fraction of sp³-hybridized carbons (Fsp3) is 0.280. The van der Waals surface area contributed by atoms with Crippen LogP contribution in [0.5, 0.6) is 0 Å². The van der Waals surface area contributed by atoms with Gasteiger partial charge in [-0.05, 0) is 73.0 Å². The summed E-state index contributed by atoms with van der Waals surface area (Å²) in [6, 6.07) is 18.8. The van der Waals surface area contributed by atoms with Gasteiger partial charge in [-0.15, -0.1) is 0 Å². The minimum Gasteiger partial charge on any atom is -0.299 e. The molecule has 4 nitrogen and oxygen atoms in total. The lowest BCUT2D eigenvalue weighted by molar-refractivity contribution is -0.126. The maximum absolute atomic E-state index is 13.2. The largest absolute Gasteiger partial charge is 0.299 e. The van der Waals surface area contributed by atoms with Gasteiger partial charge in [0.1, 0.15) is 5.82 Å². The smallest absolute Gasteiger partial charge is 0.243 e. The Morgan fingerprint density at radius 2 is 1.84 bits per heavy atom. The third-order valence-corrected chi connectivity index (χ3v) is 6.22. The number of hydrazone groups is 1. The van der Waals surface area contributed by atoms with Crippen molar-refractivity contribution in [1.82, 2.24) is 10.3 Å². The van der Waals surface area contributed by atoms with Crippen molar-refractivity contribution in [2.45, 2.75) is 26.3 Å². The molecule has 1 aliphatic heterocycles. The summed E-state index contributed by atoms with van der Waals surface area (Å²) >= 11 is 6.14. The monoisotopic (exact) mass is 437 g/mol. The predicted octanol–water partition coefficient (Wildman–Crippen LogP) is 5.38. The highest BCUT2D eigenvalue weighted by Gasteiger charge is 2.25. The third kappa shape index (κ3) is 5.30. The Morgan fingerprint density at radius 3 is 2.58 bits per heavy atom. The molecule has 1 heterocycles. The van der Waals surface area contributed by atoms with Gasteiger partial charge < -0.3 is 0 Å². The van der Waals surface area contributed by atoms with Gasteiger partial charge in [-0.2, -0.15) is 5.10 Å². The van der Waals surface area contributed by atoms with Crippen LogP contribution in [0.4, 0.5) is 4.39 Å². The molecule has 3 aromatic rings. The molecular weight excluding hydrogens is 413 g/mol. The summed E-state index contributed by atoms with van der Waals surface area (Å²) in [5.41, 5.74) is 5.42. The van der Waals surface area contributed by atoms with Gasteiger partial charge >= 0.3 is 0 Å². The Bertz CT molecular complexity index is 1120. The summed E-state index contributed by atoms with van der Waals surface area (Å²) in [4.78, 5) is 14.8. The SMILES string of the molecule is C/C(=N\NC(=O)C1CCN(Cc2ccc(F)cc2Cl)CC1)c1ccc2ccccc2c1. The first-order valence-electron chi connectivity index (χ1n) is 10.5. The molecule has 31 heavy (non-hydrogen) atoms. The molecule has 1 aliphatic rings. The van der Waals surface area contributed by atoms with Crippen LogP contribution in [0.3, 0.4) is 0 Å². The molecule has 0 bridgehead atoms. The van der Waals surface area contributed by atoms with Crippen molar-refractivity contribution < 1.29 is 9.18 Å². The summed E-state index contributed by atoms with van der Waals surface area (Å²) in [7, 11) is 0. The fourth-order valence-electron chi connectivity index (χ4n) is 3.95. The number of fused-ring (bicyclic) bond motifs is 1. The van der Waals surface area contributed by atoms with Crippen LogP contribution < -0.4 is 5.43 Å². The number of carbonyl (C=O) groups excluding carboxylic acids is 1. The van der Waals surface area contributed by atoms with E-state index in [4.69, 9.17) is 11.6 Å². The molecule has 0 aliphatic carbocycles. The van der Waals surface area contributed by atoms with Gasteiger partial charge in [0.25, 0.3) is 0 Å². The molecule has 0 aromatic heterocycles. The number of halogens is 2. The first kappa shape index (κ1) is 21.5. The lowest BCUT2D eigenvalue weighted by atomic mass is 9.96. The molecule has 1 fully saturated rings. The summed E-state index contributed by atoms with van der Waals surface area (Å²) in [6.45, 7) is 4.14. The normalized spacial score (nSPS) is 15.9. The highest BCUT2D eigenvalue weighted by molar-refractivity contribution is 6.31. The molecule has 1 amide bonds. The second-order valence-electron chi connectivity index (χ2n) is 8.02. The number of benzene rings is 3. The zero-order chi connectivity index (χ0) is 21.8. The van der Waals surface area contributed by atoms with Gasteiger partial charge in [0.05, 0.1) is 5.71 Å². The van der Waals surface area contributed by atoms with Crippen molar-refractivity contribution in [2.75, 3.05) is 13.1 Å². The molecule has 3 aromatic carbocycles. The summed E-state index contributed by atoms with van der Waals surface area (Å²) in [6.07, 6.45) is 1.52. The second-order valence-corrected chi connectivity index (χ2v) is 8.43. The Hall–Kier alpha value is -2.76. The molecule has 160 valence electrons. The van der Waals surface area contributed by atoms with Crippen LogP contribution in [0, 0.1) is 11.7 Å². The molecule has 1 saturated heterocycles. The van der Waals surface area contributed by atoms with E-state index < -0.39 is 0 Å². The van der Waals surface area contributed by atoms with E-state index in [-0.39, 0.29) is 17.6 Å². The average Bonchev–Trinajstić information content (AvgIpc) is 2.79. The van der Waals surface area contributed by atoms with Crippen LogP contribution in [0.1, 0.15) is 30.9 Å². The summed E-state index contributed by atoms with van der Waals surface area (Å²) < 4.78 is 13.2. The van der Waals surface area contributed by atoms with Crippen LogP contribution in [-0.2, 0) is 11.3 Å². The molecule has 0 saturated carbocycles. The highest BCUT2D eigenvalue weighted by atomic mass is 35.5. The number of hydrogen-bond donors (Lipinski definition) is 1. The van der Waals surface area contributed by atoms with Gasteiger partial charge in [-0.1, -0.05) is 54.1 Å². The van der Waals surface area contributed by atoms with Crippen molar-refractivity contribution in [1.29, 1.82) is 0 Å². The number of nitrogens with zero attached hydrogens (tertiary/aromatic N) is 2. The molecule has 6 heteroatoms. The van der Waals surface area contributed by atoms with E-state index in [1.54, 1.807) is 6.07 Å². The Kier molecular flexibility index (Phi) is 6.64. The number of hydrogen-bond acceptors (Lipinski definition) is 3. The van der Waals surface area contributed by atoms with Crippen molar-refractivity contribution in [3.8, 4) is 0 Å². The van der Waals surface area contributed by atoms with Gasteiger partial charge in [0, 0.05) is 17.5 Å². The summed E-state index contributed by atoms with van der Waals surface area (Å²) in [5.74, 6) is -0.434. The molecule has 4 rings (SSSR count). The van der Waals surface area contributed by atoms with E-state index in [0.717, 1.165) is 48.2 Å². The molecule has 0 radical (unpaired) electrons. The average molecular weight is 438 g/mol. The van der Waals surface area contributed by atoms with E-state index in [2.05, 4.69) is 39.7 Å². The Labute approximate surface area is 186 Å². The Morgan fingerprint density at radius 1 is 1.10 bits per heavy atom. The summed E-state index contributed by atoms with van der Waals surface area (Å²) in [5, 5.41) is 7.10. The molecule has 0 unspecified atom stereocenters. The molecule has 0 atom stereocenters. The zero-order valence-electron chi connectivity index (χ0n) is 17.4. The quantitative estimate of drug-likeness (QED) is 0.430. The van der Waals surface area contributed by atoms with Crippen LogP contribution >= 0.6 is 11.6 Å². The molecule has 0 spiro atoms. The fourth-order valence-corrected chi connectivity index (χ4v) is 4.18. The van der Waals surface area contributed by atoms with Crippen molar-refractivity contribution in [2.24, 2.45) is 11.0 Å². The predicted molar refractivity (Wildman–Crippen MR) is 124 cm³/mol. The van der Waals surface area contributed by atoms with Crippen LogP contribution in [0.15, 0.2) is 65.8 Å². The van der Waals surface area contributed by atoms with E-state index >= 15 is 0 Å². The highest BCUT2D eigenvalue weighted by Crippen LogP contribution is 2.23. The van der Waals surface area contributed by atoms with Crippen molar-refractivity contribution in [3.63, 3.8) is 0 Å². The van der Waals surface area contributed by atoms with E-state index in [0.29, 0.717) is 11.6 Å². The van der Waals surface area contributed by atoms with Crippen LogP contribution in [0.2, 0.25) is 5.02 Å². The van der Waals surface area contributed by atoms with Gasteiger partial charge in [0.2, 0.25) is 5.91 Å². The third-order valence-electron chi connectivity index (χ3n) is 5.87. The lowest BCUT2D eigenvalue weighted by Crippen LogP contribution is -2.39. The van der Waals surface area contributed by atoms with Gasteiger partial charge in [-0.25, -0.2) is 9.82 Å². The van der Waals surface area contributed by atoms with Gasteiger partial charge in [0.15, 0.2) is 0 Å². The van der Waals surface area contributed by atoms with Crippen LogP contribution in [-0.4, -0.2) is 29.6 Å². The number of carbonyl (C=O) groups is 1. The van der Waals surface area contributed by atoms with E-state index in [9.17, 15) is 9.18 Å². The zero-order valence-corrected chi connectivity index (χ0v) is 18.2. The van der Waals surface area contributed by atoms with Crippen LogP contribution in [0.25, 0.3) is 10.8 Å². The first-order chi connectivity index (χ1) is 15.0. The number of rotatable bonds is 5. The number of likely N-dealkylation sites (tertiary alicyclic amines) is 1. The van der Waals surface area contributed by atoms with Crippen molar-refractivity contribution in [3.05, 3.63) is 82.6 Å². The topological polar surface area (TPSA) is 44.7 Å². The van der Waals surface area contributed by atoms with Crippen molar-refractivity contribution >= 4 is 34.0 Å². The standard InChI is InChI=1S/C25H25ClFN3O/c1-17(20-7-6-18-4-2-3-5-21(18)14-20)28-29-25(31)19-10-12-30(13-11-19)16-22-8-9-23(27)15-24(22)26/h2-9,14-15,19H,10-13,16H2,1H3,(H,29,31)/b28-17+. The first-order valence-corrected chi connectivity index (χ1v) is 10.9. The minimum atomic E-state index is -0.330. The Balaban J connectivity index is 1.31. The molecule has 1 N–H and O–H groups in total. The molecular formula is C25H25ClFN3O. The van der Waals surface area contributed by atoms with Gasteiger partial charge in [-0.3, -0.25) is 9.69 Å². The maximum atomic E-state index is 13.2. The number of amides is 1. The number of nitrogens with one attached hydrogen (secondary N) is 1. The van der Waals surface area contributed by atoms with E-state index in [1.807, 2.05) is 25.1 Å².